The van der Waals surface area contributed by atoms with E-state index in [2.05, 4.69) is 25.7 Å². The number of carbonyl (C=O) groups is 1. The standard InChI is InChI=1S/C15H14ClN5O2/c1-8-7-12(20-19-8)14(22)17-9(2)13-18-15(23-21-13)10-3-5-11(16)6-4-10/h3-7,9H,1-2H3,(H,17,22)(H,19,20)/t9-/m1/s1. The molecule has 1 amide bonds. The van der Waals surface area contributed by atoms with Crippen LogP contribution in [0.2, 0.25) is 5.02 Å². The Morgan fingerprint density at radius 1 is 1.35 bits per heavy atom. The second-order valence-electron chi connectivity index (χ2n) is 5.10. The minimum Gasteiger partial charge on any atom is -0.341 e. The van der Waals surface area contributed by atoms with E-state index in [1.807, 2.05) is 6.92 Å². The molecular formula is C15H14ClN5O2. The lowest BCUT2D eigenvalue weighted by molar-refractivity contribution is 0.0933. The molecule has 1 atom stereocenters. The largest absolute Gasteiger partial charge is 0.341 e. The van der Waals surface area contributed by atoms with Crippen LogP contribution >= 0.6 is 11.6 Å². The highest BCUT2D eigenvalue weighted by Crippen LogP contribution is 2.21. The van der Waals surface area contributed by atoms with Crippen molar-refractivity contribution in [3.63, 3.8) is 0 Å². The topological polar surface area (TPSA) is 96.7 Å². The zero-order valence-corrected chi connectivity index (χ0v) is 13.3. The van der Waals surface area contributed by atoms with Gasteiger partial charge in [0.2, 0.25) is 0 Å². The Hall–Kier alpha value is -2.67. The highest BCUT2D eigenvalue weighted by molar-refractivity contribution is 6.30. The van der Waals surface area contributed by atoms with Crippen molar-refractivity contribution in [1.29, 1.82) is 0 Å². The lowest BCUT2D eigenvalue weighted by Gasteiger charge is -2.07. The van der Waals surface area contributed by atoms with Gasteiger partial charge in [0.15, 0.2) is 5.82 Å². The van der Waals surface area contributed by atoms with Crippen molar-refractivity contribution < 1.29 is 9.32 Å². The third kappa shape index (κ3) is 3.40. The maximum Gasteiger partial charge on any atom is 0.272 e. The summed E-state index contributed by atoms with van der Waals surface area (Å²) < 4.78 is 5.23. The quantitative estimate of drug-likeness (QED) is 0.766. The van der Waals surface area contributed by atoms with Crippen molar-refractivity contribution in [3.05, 3.63) is 52.6 Å². The van der Waals surface area contributed by atoms with Gasteiger partial charge in [0.25, 0.3) is 11.8 Å². The molecule has 1 aromatic carbocycles. The third-order valence-corrected chi connectivity index (χ3v) is 3.46. The molecule has 2 aromatic heterocycles. The van der Waals surface area contributed by atoms with Gasteiger partial charge in [0.1, 0.15) is 5.69 Å². The van der Waals surface area contributed by atoms with Crippen molar-refractivity contribution >= 4 is 17.5 Å². The molecule has 3 rings (SSSR count). The molecule has 0 spiro atoms. The fraction of sp³-hybridized carbons (Fsp3) is 0.200. The van der Waals surface area contributed by atoms with Gasteiger partial charge < -0.3 is 9.84 Å². The average molecular weight is 332 g/mol. The minimum atomic E-state index is -0.413. The van der Waals surface area contributed by atoms with Crippen LogP contribution in [0, 0.1) is 6.92 Å². The summed E-state index contributed by atoms with van der Waals surface area (Å²) in [5.41, 5.74) is 1.89. The number of aryl methyl sites for hydroxylation is 1. The molecule has 2 heterocycles. The Kier molecular flexibility index (Phi) is 4.12. The SMILES string of the molecule is Cc1cc(C(=O)N[C@H](C)c2noc(-c3ccc(Cl)cc3)n2)n[nH]1. The fourth-order valence-electron chi connectivity index (χ4n) is 1.99. The third-order valence-electron chi connectivity index (χ3n) is 3.21. The van der Waals surface area contributed by atoms with Crippen molar-refractivity contribution in [3.8, 4) is 11.5 Å². The van der Waals surface area contributed by atoms with Crippen LogP contribution in [0.15, 0.2) is 34.9 Å². The molecule has 0 saturated carbocycles. The summed E-state index contributed by atoms with van der Waals surface area (Å²) in [5.74, 6) is 0.448. The van der Waals surface area contributed by atoms with Crippen LogP contribution in [-0.4, -0.2) is 26.2 Å². The van der Waals surface area contributed by atoms with Gasteiger partial charge in [-0.3, -0.25) is 9.89 Å². The number of halogens is 1. The maximum atomic E-state index is 12.1. The van der Waals surface area contributed by atoms with Gasteiger partial charge in [-0.15, -0.1) is 0 Å². The van der Waals surface area contributed by atoms with Crippen LogP contribution in [0.5, 0.6) is 0 Å². The Balaban J connectivity index is 1.72. The fourth-order valence-corrected chi connectivity index (χ4v) is 2.12. The van der Waals surface area contributed by atoms with Gasteiger partial charge in [-0.2, -0.15) is 10.1 Å². The van der Waals surface area contributed by atoms with E-state index in [0.717, 1.165) is 11.3 Å². The molecule has 7 nitrogen and oxygen atoms in total. The number of rotatable bonds is 4. The summed E-state index contributed by atoms with van der Waals surface area (Å²) in [7, 11) is 0. The first kappa shape index (κ1) is 15.2. The zero-order valence-electron chi connectivity index (χ0n) is 12.5. The van der Waals surface area contributed by atoms with E-state index in [0.29, 0.717) is 22.4 Å². The van der Waals surface area contributed by atoms with Gasteiger partial charge in [0.05, 0.1) is 6.04 Å². The molecule has 0 saturated heterocycles. The lowest BCUT2D eigenvalue weighted by Crippen LogP contribution is -2.27. The first-order valence-corrected chi connectivity index (χ1v) is 7.33. The number of carbonyl (C=O) groups excluding carboxylic acids is 1. The molecule has 0 radical (unpaired) electrons. The van der Waals surface area contributed by atoms with E-state index in [9.17, 15) is 4.79 Å². The molecule has 118 valence electrons. The van der Waals surface area contributed by atoms with E-state index >= 15 is 0 Å². The summed E-state index contributed by atoms with van der Waals surface area (Å²) in [6.45, 7) is 3.60. The Morgan fingerprint density at radius 2 is 2.09 bits per heavy atom. The van der Waals surface area contributed by atoms with E-state index in [1.165, 1.54) is 0 Å². The van der Waals surface area contributed by atoms with Gasteiger partial charge in [-0.25, -0.2) is 0 Å². The van der Waals surface area contributed by atoms with Crippen LogP contribution in [0.1, 0.15) is 35.0 Å². The Morgan fingerprint density at radius 3 is 2.74 bits per heavy atom. The van der Waals surface area contributed by atoms with Crippen molar-refractivity contribution in [2.75, 3.05) is 0 Å². The number of nitrogens with zero attached hydrogens (tertiary/aromatic N) is 3. The first-order chi connectivity index (χ1) is 11.0. The number of hydrogen-bond donors (Lipinski definition) is 2. The average Bonchev–Trinajstić information content (AvgIpc) is 3.17. The van der Waals surface area contributed by atoms with Crippen LogP contribution in [0.3, 0.4) is 0 Å². The van der Waals surface area contributed by atoms with E-state index in [1.54, 1.807) is 37.3 Å². The molecule has 8 heteroatoms. The monoisotopic (exact) mass is 331 g/mol. The van der Waals surface area contributed by atoms with Crippen LogP contribution in [0.4, 0.5) is 0 Å². The second kappa shape index (κ2) is 6.21. The molecular weight excluding hydrogens is 318 g/mol. The summed E-state index contributed by atoms with van der Waals surface area (Å²) in [6, 6.07) is 8.31. The van der Waals surface area contributed by atoms with Crippen LogP contribution in [0.25, 0.3) is 11.5 Å². The highest BCUT2D eigenvalue weighted by atomic mass is 35.5. The molecule has 0 bridgehead atoms. The van der Waals surface area contributed by atoms with E-state index in [-0.39, 0.29) is 5.91 Å². The predicted molar refractivity (Wildman–Crippen MR) is 83.9 cm³/mol. The summed E-state index contributed by atoms with van der Waals surface area (Å²) >= 11 is 5.85. The summed E-state index contributed by atoms with van der Waals surface area (Å²) in [4.78, 5) is 16.4. The van der Waals surface area contributed by atoms with Crippen molar-refractivity contribution in [1.82, 2.24) is 25.7 Å². The lowest BCUT2D eigenvalue weighted by atomic mass is 10.2. The summed E-state index contributed by atoms with van der Waals surface area (Å²) in [6.07, 6.45) is 0. The number of aromatic nitrogens is 4. The molecule has 0 aliphatic carbocycles. The van der Waals surface area contributed by atoms with Gasteiger partial charge in [-0.05, 0) is 44.2 Å². The number of aromatic amines is 1. The van der Waals surface area contributed by atoms with Crippen LogP contribution < -0.4 is 5.32 Å². The molecule has 2 N–H and O–H groups in total. The number of benzene rings is 1. The molecule has 23 heavy (non-hydrogen) atoms. The zero-order chi connectivity index (χ0) is 16.4. The van der Waals surface area contributed by atoms with Crippen LogP contribution in [-0.2, 0) is 0 Å². The number of hydrogen-bond acceptors (Lipinski definition) is 5. The molecule has 0 aliphatic heterocycles. The normalized spacial score (nSPS) is 12.1. The van der Waals surface area contributed by atoms with Crippen molar-refractivity contribution in [2.24, 2.45) is 0 Å². The Bertz CT molecular complexity index is 825. The van der Waals surface area contributed by atoms with E-state index < -0.39 is 6.04 Å². The molecule has 0 unspecified atom stereocenters. The maximum absolute atomic E-state index is 12.1. The smallest absolute Gasteiger partial charge is 0.272 e. The first-order valence-electron chi connectivity index (χ1n) is 6.95. The van der Waals surface area contributed by atoms with Gasteiger partial charge in [-0.1, -0.05) is 16.8 Å². The number of nitrogens with one attached hydrogen (secondary N) is 2. The molecule has 0 fully saturated rings. The number of amides is 1. The summed E-state index contributed by atoms with van der Waals surface area (Å²) in [5, 5.41) is 13.9. The van der Waals surface area contributed by atoms with Crippen molar-refractivity contribution in [2.45, 2.75) is 19.9 Å². The predicted octanol–water partition coefficient (Wildman–Crippen LogP) is 2.91. The van der Waals surface area contributed by atoms with Gasteiger partial charge in [0, 0.05) is 16.3 Å². The van der Waals surface area contributed by atoms with E-state index in [4.69, 9.17) is 16.1 Å². The van der Waals surface area contributed by atoms with Gasteiger partial charge >= 0.3 is 0 Å². The minimum absolute atomic E-state index is 0.306. The number of H-pyrrole nitrogens is 1. The second-order valence-corrected chi connectivity index (χ2v) is 5.53. The highest BCUT2D eigenvalue weighted by Gasteiger charge is 2.19. The Labute approximate surface area is 137 Å². The molecule has 3 aromatic rings. The molecule has 0 aliphatic rings.